The monoisotopic (exact) mass is 288 g/mol. The van der Waals surface area contributed by atoms with E-state index in [2.05, 4.69) is 39.8 Å². The lowest BCUT2D eigenvalue weighted by Crippen LogP contribution is -2.41. The van der Waals surface area contributed by atoms with Gasteiger partial charge in [0.05, 0.1) is 23.9 Å². The lowest BCUT2D eigenvalue weighted by Gasteiger charge is -2.32. The zero-order valence-electron chi connectivity index (χ0n) is 13.6. The predicted octanol–water partition coefficient (Wildman–Crippen LogP) is 3.78. The van der Waals surface area contributed by atoms with Gasteiger partial charge in [-0.05, 0) is 40.2 Å². The number of hydrogen-bond acceptors (Lipinski definition) is 3. The van der Waals surface area contributed by atoms with Crippen molar-refractivity contribution in [2.24, 2.45) is 0 Å². The first-order chi connectivity index (χ1) is 9.80. The van der Waals surface area contributed by atoms with E-state index < -0.39 is 0 Å². The molecule has 21 heavy (non-hydrogen) atoms. The van der Waals surface area contributed by atoms with E-state index in [0.717, 1.165) is 0 Å². The van der Waals surface area contributed by atoms with Crippen LogP contribution < -0.4 is 0 Å². The molecular weight excluding hydrogens is 263 g/mol. The Labute approximate surface area is 128 Å². The van der Waals surface area contributed by atoms with E-state index in [9.17, 15) is 0 Å². The summed E-state index contributed by atoms with van der Waals surface area (Å²) in [6.45, 7) is 10.8. The Kier molecular flexibility index (Phi) is 4.92. The molecule has 1 unspecified atom stereocenters. The molecule has 0 radical (unpaired) electrons. The summed E-state index contributed by atoms with van der Waals surface area (Å²) in [4.78, 5) is 0. The standard InChI is InChI=1S/C17H25BO3/c1-14(19-13-15-9-7-6-8-10-15)11-12-18-20-16(2,3)17(4,5)21-18/h6-12,14H,13H2,1-5H3/b12-11+. The summed E-state index contributed by atoms with van der Waals surface area (Å²) in [6, 6.07) is 10.2. The first-order valence-electron chi connectivity index (χ1n) is 7.50. The van der Waals surface area contributed by atoms with Crippen molar-refractivity contribution in [2.75, 3.05) is 0 Å². The summed E-state index contributed by atoms with van der Waals surface area (Å²) < 4.78 is 17.6. The quantitative estimate of drug-likeness (QED) is 0.772. The van der Waals surface area contributed by atoms with Crippen LogP contribution in [0.25, 0.3) is 0 Å². The van der Waals surface area contributed by atoms with Crippen molar-refractivity contribution in [1.29, 1.82) is 0 Å². The molecule has 114 valence electrons. The molecule has 3 nitrogen and oxygen atoms in total. The van der Waals surface area contributed by atoms with Gasteiger partial charge in [0.2, 0.25) is 0 Å². The highest BCUT2D eigenvalue weighted by atomic mass is 16.7. The highest BCUT2D eigenvalue weighted by molar-refractivity contribution is 6.51. The Balaban J connectivity index is 1.82. The molecule has 0 bridgehead atoms. The minimum atomic E-state index is -0.308. The zero-order chi connectivity index (χ0) is 15.5. The molecule has 1 aromatic rings. The van der Waals surface area contributed by atoms with E-state index in [0.29, 0.717) is 6.61 Å². The average molecular weight is 288 g/mol. The minimum absolute atomic E-state index is 0.0178. The second kappa shape index (κ2) is 6.35. The first kappa shape index (κ1) is 16.3. The van der Waals surface area contributed by atoms with Gasteiger partial charge >= 0.3 is 7.12 Å². The molecule has 1 aromatic carbocycles. The summed E-state index contributed by atoms with van der Waals surface area (Å²) in [6.07, 6.45) is 2.01. The molecule has 0 spiro atoms. The van der Waals surface area contributed by atoms with E-state index in [4.69, 9.17) is 14.0 Å². The third-order valence-electron chi connectivity index (χ3n) is 4.17. The highest BCUT2D eigenvalue weighted by Crippen LogP contribution is 2.36. The fourth-order valence-electron chi connectivity index (χ4n) is 2.07. The molecule has 0 aromatic heterocycles. The van der Waals surface area contributed by atoms with Crippen molar-refractivity contribution in [2.45, 2.75) is 58.5 Å². The van der Waals surface area contributed by atoms with E-state index in [-0.39, 0.29) is 24.4 Å². The van der Waals surface area contributed by atoms with Crippen molar-refractivity contribution < 1.29 is 14.0 Å². The molecule has 1 aliphatic heterocycles. The van der Waals surface area contributed by atoms with Crippen molar-refractivity contribution in [3.8, 4) is 0 Å². The Morgan fingerprint density at radius 1 is 1.10 bits per heavy atom. The molecule has 1 aliphatic rings. The normalized spacial score (nSPS) is 21.9. The molecule has 0 aliphatic carbocycles. The molecule has 1 saturated heterocycles. The Bertz CT molecular complexity index is 466. The van der Waals surface area contributed by atoms with Crippen LogP contribution in [0.15, 0.2) is 42.4 Å². The van der Waals surface area contributed by atoms with Crippen LogP contribution >= 0.6 is 0 Å². The van der Waals surface area contributed by atoms with Crippen LogP contribution in [-0.4, -0.2) is 24.4 Å². The molecule has 1 atom stereocenters. The van der Waals surface area contributed by atoms with Gasteiger partial charge in [0.15, 0.2) is 0 Å². The SMILES string of the molecule is CC(/C=C/B1OC(C)(C)C(C)(C)O1)OCc1ccccc1. The topological polar surface area (TPSA) is 27.7 Å². The van der Waals surface area contributed by atoms with Crippen molar-refractivity contribution in [3.63, 3.8) is 0 Å². The Hall–Kier alpha value is -1.10. The second-order valence-corrected chi connectivity index (χ2v) is 6.51. The zero-order valence-corrected chi connectivity index (χ0v) is 13.6. The van der Waals surface area contributed by atoms with Crippen LogP contribution in [0.1, 0.15) is 40.2 Å². The van der Waals surface area contributed by atoms with Crippen LogP contribution in [0.5, 0.6) is 0 Å². The van der Waals surface area contributed by atoms with Crippen LogP contribution in [0, 0.1) is 0 Å². The summed E-state index contributed by atoms with van der Waals surface area (Å²) in [7, 11) is -0.308. The van der Waals surface area contributed by atoms with Crippen LogP contribution in [0.2, 0.25) is 0 Å². The predicted molar refractivity (Wildman–Crippen MR) is 85.9 cm³/mol. The fraction of sp³-hybridized carbons (Fsp3) is 0.529. The van der Waals surface area contributed by atoms with Gasteiger partial charge in [0.25, 0.3) is 0 Å². The van der Waals surface area contributed by atoms with Crippen molar-refractivity contribution >= 4 is 7.12 Å². The largest absolute Gasteiger partial charge is 0.486 e. The van der Waals surface area contributed by atoms with Crippen LogP contribution in [0.3, 0.4) is 0 Å². The van der Waals surface area contributed by atoms with Crippen LogP contribution in [0.4, 0.5) is 0 Å². The van der Waals surface area contributed by atoms with E-state index in [1.54, 1.807) is 0 Å². The minimum Gasteiger partial charge on any atom is -0.400 e. The molecule has 1 heterocycles. The van der Waals surface area contributed by atoms with E-state index >= 15 is 0 Å². The van der Waals surface area contributed by atoms with E-state index in [1.807, 2.05) is 37.2 Å². The highest BCUT2D eigenvalue weighted by Gasteiger charge is 2.50. The maximum atomic E-state index is 5.91. The Morgan fingerprint density at radius 3 is 2.24 bits per heavy atom. The lowest BCUT2D eigenvalue weighted by molar-refractivity contribution is 0.00578. The number of hydrogen-bond donors (Lipinski definition) is 0. The molecule has 0 saturated carbocycles. The summed E-state index contributed by atoms with van der Waals surface area (Å²) in [5.41, 5.74) is 0.583. The van der Waals surface area contributed by atoms with Gasteiger partial charge in [-0.25, -0.2) is 0 Å². The molecular formula is C17H25BO3. The van der Waals surface area contributed by atoms with Gasteiger partial charge < -0.3 is 14.0 Å². The number of benzene rings is 1. The molecule has 1 fully saturated rings. The van der Waals surface area contributed by atoms with E-state index in [1.165, 1.54) is 5.56 Å². The van der Waals surface area contributed by atoms with Crippen molar-refractivity contribution in [1.82, 2.24) is 0 Å². The smallest absolute Gasteiger partial charge is 0.400 e. The van der Waals surface area contributed by atoms with Gasteiger partial charge in [0.1, 0.15) is 0 Å². The molecule has 2 rings (SSSR count). The molecule has 4 heteroatoms. The van der Waals surface area contributed by atoms with Gasteiger partial charge in [-0.1, -0.05) is 42.4 Å². The number of rotatable bonds is 5. The average Bonchev–Trinajstić information content (AvgIpc) is 2.63. The maximum absolute atomic E-state index is 5.91. The fourth-order valence-corrected chi connectivity index (χ4v) is 2.07. The molecule has 0 N–H and O–H groups in total. The Morgan fingerprint density at radius 2 is 1.67 bits per heavy atom. The summed E-state index contributed by atoms with van der Waals surface area (Å²) in [5, 5.41) is 0. The second-order valence-electron chi connectivity index (χ2n) is 6.51. The lowest BCUT2D eigenvalue weighted by atomic mass is 9.89. The number of ether oxygens (including phenoxy) is 1. The van der Waals surface area contributed by atoms with Gasteiger partial charge in [-0.15, -0.1) is 0 Å². The summed E-state index contributed by atoms with van der Waals surface area (Å²) >= 11 is 0. The van der Waals surface area contributed by atoms with Gasteiger partial charge in [-0.3, -0.25) is 0 Å². The van der Waals surface area contributed by atoms with Crippen LogP contribution in [-0.2, 0) is 20.7 Å². The maximum Gasteiger partial charge on any atom is 0.486 e. The van der Waals surface area contributed by atoms with Gasteiger partial charge in [0, 0.05) is 0 Å². The summed E-state index contributed by atoms with van der Waals surface area (Å²) in [5.74, 6) is 1.94. The van der Waals surface area contributed by atoms with Gasteiger partial charge in [-0.2, -0.15) is 0 Å². The first-order valence-corrected chi connectivity index (χ1v) is 7.50. The molecule has 0 amide bonds. The third-order valence-corrected chi connectivity index (χ3v) is 4.17. The third kappa shape index (κ3) is 4.19. The van der Waals surface area contributed by atoms with Crippen molar-refractivity contribution in [3.05, 3.63) is 47.9 Å².